The van der Waals surface area contributed by atoms with E-state index in [0.717, 1.165) is 19.3 Å². The molecule has 3 heterocycles. The molecule has 0 saturated carbocycles. The van der Waals surface area contributed by atoms with Crippen molar-refractivity contribution < 1.29 is 22.7 Å². The van der Waals surface area contributed by atoms with Crippen molar-refractivity contribution in [2.75, 3.05) is 25.5 Å². The van der Waals surface area contributed by atoms with Gasteiger partial charge in [-0.2, -0.15) is 0 Å². The molecule has 0 aromatic rings. The van der Waals surface area contributed by atoms with Crippen molar-refractivity contribution in [3.8, 4) is 0 Å². The zero-order chi connectivity index (χ0) is 16.6. The van der Waals surface area contributed by atoms with E-state index in [1.165, 1.54) is 0 Å². The Kier molecular flexibility index (Phi) is 3.54. The second kappa shape index (κ2) is 6.08. The van der Waals surface area contributed by atoms with Crippen LogP contribution in [0.5, 0.6) is 0 Å². The Bertz CT molecular complexity index is 466. The smallest absolute Gasteiger partial charge is 0.203 e. The maximum absolute atomic E-state index is 13.2. The third kappa shape index (κ3) is 3.14. The van der Waals surface area contributed by atoms with E-state index >= 15 is 0 Å². The quantitative estimate of drug-likeness (QED) is 0.751. The first-order chi connectivity index (χ1) is 10.9. The van der Waals surface area contributed by atoms with Gasteiger partial charge in [-0.1, -0.05) is 6.92 Å². The minimum Gasteiger partial charge on any atom is -0.378 e. The number of hydrogen-bond acceptors (Lipinski definition) is 4. The molecule has 0 radical (unpaired) electrons. The first-order valence-corrected chi connectivity index (χ1v) is 9.61. The fourth-order valence-corrected chi connectivity index (χ4v) is 6.39. The van der Waals surface area contributed by atoms with Gasteiger partial charge in [0.2, 0.25) is 7.37 Å². The Morgan fingerprint density at radius 3 is 2.95 bits per heavy atom. The van der Waals surface area contributed by atoms with Crippen LogP contribution in [-0.4, -0.2) is 43.8 Å². The zero-order valence-corrected chi connectivity index (χ0v) is 13.0. The molecule has 0 amide bonds. The molecule has 3 aliphatic heterocycles. The van der Waals surface area contributed by atoms with Gasteiger partial charge in [-0.25, -0.2) is 0 Å². The van der Waals surface area contributed by atoms with Crippen molar-refractivity contribution in [1.29, 1.82) is 0 Å². The average molecular weight is 307 g/mol. The van der Waals surface area contributed by atoms with E-state index in [4.69, 9.17) is 18.1 Å². The van der Waals surface area contributed by atoms with E-state index in [9.17, 15) is 4.57 Å². The summed E-state index contributed by atoms with van der Waals surface area (Å²) in [5, 5.41) is 0. The van der Waals surface area contributed by atoms with Gasteiger partial charge < -0.3 is 14.0 Å². The molecule has 3 saturated heterocycles. The summed E-state index contributed by atoms with van der Waals surface area (Å²) in [4.78, 5) is 0. The minimum absolute atomic E-state index is 0.00505. The van der Waals surface area contributed by atoms with Gasteiger partial charge in [0.15, 0.2) is 0 Å². The molecular formula is C15H27O4P. The molecule has 20 heavy (non-hydrogen) atoms. The molecule has 4 nitrogen and oxygen atoms in total. The monoisotopic (exact) mass is 307 g/mol. The Morgan fingerprint density at radius 1 is 1.35 bits per heavy atom. The number of rotatable bonds is 3. The van der Waals surface area contributed by atoms with Crippen LogP contribution < -0.4 is 0 Å². The second-order valence-corrected chi connectivity index (χ2v) is 8.98. The van der Waals surface area contributed by atoms with Gasteiger partial charge >= 0.3 is 0 Å². The van der Waals surface area contributed by atoms with Crippen LogP contribution in [0.25, 0.3) is 0 Å². The van der Waals surface area contributed by atoms with Gasteiger partial charge in [0, 0.05) is 26.9 Å². The molecule has 8 atom stereocenters. The molecule has 0 aliphatic carbocycles. The van der Waals surface area contributed by atoms with Crippen molar-refractivity contribution in [3.05, 3.63) is 0 Å². The van der Waals surface area contributed by atoms with Crippen LogP contribution in [0.4, 0.5) is 0 Å². The molecule has 0 bridgehead atoms. The van der Waals surface area contributed by atoms with Gasteiger partial charge in [-0.15, -0.1) is 0 Å². The van der Waals surface area contributed by atoms with Crippen molar-refractivity contribution in [1.82, 2.24) is 0 Å². The van der Waals surface area contributed by atoms with Crippen LogP contribution in [0.2, 0.25) is 0 Å². The molecule has 5 heteroatoms. The average Bonchev–Trinajstić information content (AvgIpc) is 3.00. The van der Waals surface area contributed by atoms with Gasteiger partial charge in [0.05, 0.1) is 21.1 Å². The van der Waals surface area contributed by atoms with Gasteiger partial charge in [0.1, 0.15) is 0 Å². The lowest BCUT2D eigenvalue weighted by Crippen LogP contribution is -2.32. The normalized spacial score (nSPS) is 59.0. The highest BCUT2D eigenvalue weighted by molar-refractivity contribution is 7.59. The highest BCUT2D eigenvalue weighted by Gasteiger charge is 2.42. The molecule has 0 N–H and O–H groups in total. The van der Waals surface area contributed by atoms with Gasteiger partial charge in [0.25, 0.3) is 0 Å². The van der Waals surface area contributed by atoms with E-state index in [1.807, 2.05) is 0 Å². The van der Waals surface area contributed by atoms with Crippen molar-refractivity contribution in [3.63, 3.8) is 0 Å². The van der Waals surface area contributed by atoms with Crippen LogP contribution in [0.3, 0.4) is 0 Å². The van der Waals surface area contributed by atoms with Crippen molar-refractivity contribution in [2.45, 2.75) is 57.8 Å². The molecule has 3 rings (SSSR count). The second-order valence-electron chi connectivity index (χ2n) is 6.32. The highest BCUT2D eigenvalue weighted by atomic mass is 31.2. The summed E-state index contributed by atoms with van der Waals surface area (Å²) in [7, 11) is -2.78. The van der Waals surface area contributed by atoms with Crippen LogP contribution in [0.15, 0.2) is 0 Å². The minimum atomic E-state index is -2.78. The summed E-state index contributed by atoms with van der Waals surface area (Å²) in [5.74, 6) is 0.506. The van der Waals surface area contributed by atoms with E-state index in [1.54, 1.807) is 0 Å². The molecule has 0 unspecified atom stereocenters. The topological polar surface area (TPSA) is 44.8 Å². The fraction of sp³-hybridized carbons (Fsp3) is 1.00. The lowest BCUT2D eigenvalue weighted by atomic mass is 9.90. The molecule has 0 aromatic carbocycles. The maximum Gasteiger partial charge on any atom is 0.203 e. The Hall–Kier alpha value is 0.110. The molecular weight excluding hydrogens is 275 g/mol. The van der Waals surface area contributed by atoms with Gasteiger partial charge in [-0.05, 0) is 44.4 Å². The largest absolute Gasteiger partial charge is 0.378 e. The third-order valence-corrected chi connectivity index (χ3v) is 7.35. The lowest BCUT2D eigenvalue weighted by Gasteiger charge is -2.35. The van der Waals surface area contributed by atoms with Crippen LogP contribution >= 0.6 is 7.37 Å². The predicted octanol–water partition coefficient (Wildman–Crippen LogP) is 3.29. The first kappa shape index (κ1) is 11.6. The standard InChI is InChI=1S/C15H27O4P/c1-11-5-7-18-15(11)13-4-3-9-20(16,10-13)19-14-6-8-17-12(14)2/h11-15H,3-10H2,1-2H3/t11-,12+,13+,14-,15-,20-/m0/s1/i2D,7T,8T/t7-,8-,11-,12+,13+,14-,15-,20-. The summed E-state index contributed by atoms with van der Waals surface area (Å²) >= 11 is 0. The fourth-order valence-electron chi connectivity index (χ4n) is 3.53. The van der Waals surface area contributed by atoms with Crippen LogP contribution in [0, 0.1) is 11.8 Å². The summed E-state index contributed by atoms with van der Waals surface area (Å²) < 4.78 is 53.2. The van der Waals surface area contributed by atoms with E-state index < -0.39 is 32.7 Å². The zero-order valence-electron chi connectivity index (χ0n) is 15.1. The maximum atomic E-state index is 13.2. The SMILES string of the molecule is [2H]C[C@H]1O[C@@H]([3H])C[C@@H]1O[P@@]1(=O)CCC[C@@H]([C@H]2O[C@@H]([3H])C[C@@H]2C)C1. The summed E-state index contributed by atoms with van der Waals surface area (Å²) in [6.07, 6.45) is 3.18. The van der Waals surface area contributed by atoms with E-state index in [-0.39, 0.29) is 18.9 Å². The van der Waals surface area contributed by atoms with Crippen LogP contribution in [0.1, 0.15) is 43.6 Å². The van der Waals surface area contributed by atoms with Crippen LogP contribution in [-0.2, 0) is 18.6 Å². The third-order valence-electron chi connectivity index (χ3n) is 4.67. The lowest BCUT2D eigenvalue weighted by molar-refractivity contribution is 0.0420. The summed E-state index contributed by atoms with van der Waals surface area (Å²) in [6, 6.07) is 0. The Labute approximate surface area is 126 Å². The molecule has 0 spiro atoms. The Balaban J connectivity index is 1.64. The van der Waals surface area contributed by atoms with E-state index in [2.05, 4.69) is 6.92 Å². The van der Waals surface area contributed by atoms with Crippen molar-refractivity contribution >= 4 is 7.37 Å². The van der Waals surface area contributed by atoms with Crippen molar-refractivity contribution in [2.24, 2.45) is 11.8 Å². The number of ether oxygens (including phenoxy) is 2. The molecule has 3 aliphatic rings. The predicted molar refractivity (Wildman–Crippen MR) is 78.5 cm³/mol. The highest BCUT2D eigenvalue weighted by Crippen LogP contribution is 2.56. The summed E-state index contributed by atoms with van der Waals surface area (Å²) in [5.41, 5.74) is 0. The van der Waals surface area contributed by atoms with Gasteiger partial charge in [-0.3, -0.25) is 4.57 Å². The Morgan fingerprint density at radius 2 is 2.20 bits per heavy atom. The summed E-state index contributed by atoms with van der Waals surface area (Å²) in [6.45, 7) is 1.000. The molecule has 3 fully saturated rings. The van der Waals surface area contributed by atoms with E-state index in [0.29, 0.717) is 24.7 Å². The number of hydrogen-bond donors (Lipinski definition) is 0. The molecule has 0 aromatic heterocycles. The first-order valence-electron chi connectivity index (χ1n) is 9.47. The molecule has 116 valence electrons.